The minimum absolute atomic E-state index is 0.0666. The standard InChI is InChI=1S/C17H16N2O4S/c20-16(6-1-13-11-17(19(21)22)24-12-13)14-2-4-15(5-3-14)18-7-9-23-10-8-18/h1-6,11-12H,7-10H2/b6-1-. The number of benzene rings is 1. The van der Waals surface area contributed by atoms with Gasteiger partial charge in [0.15, 0.2) is 5.78 Å². The van der Waals surface area contributed by atoms with Gasteiger partial charge in [0.05, 0.1) is 18.1 Å². The van der Waals surface area contributed by atoms with Crippen molar-refractivity contribution in [2.24, 2.45) is 0 Å². The molecular formula is C17H16N2O4S. The summed E-state index contributed by atoms with van der Waals surface area (Å²) >= 11 is 1.05. The number of nitrogens with zero attached hydrogens (tertiary/aromatic N) is 2. The molecule has 2 heterocycles. The first kappa shape index (κ1) is 16.4. The zero-order chi connectivity index (χ0) is 16.9. The summed E-state index contributed by atoms with van der Waals surface area (Å²) in [5, 5.41) is 12.4. The Balaban J connectivity index is 1.65. The lowest BCUT2D eigenvalue weighted by molar-refractivity contribution is -0.380. The third-order valence-corrected chi connectivity index (χ3v) is 4.64. The Morgan fingerprint density at radius 3 is 2.58 bits per heavy atom. The van der Waals surface area contributed by atoms with Crippen LogP contribution in [-0.4, -0.2) is 37.0 Å². The molecule has 0 saturated carbocycles. The first-order valence-corrected chi connectivity index (χ1v) is 8.39. The van der Waals surface area contributed by atoms with Crippen LogP contribution in [0.25, 0.3) is 6.08 Å². The number of ether oxygens (including phenoxy) is 1. The molecule has 1 aliphatic rings. The van der Waals surface area contributed by atoms with Crippen LogP contribution >= 0.6 is 11.3 Å². The summed E-state index contributed by atoms with van der Waals surface area (Å²) in [5.41, 5.74) is 2.32. The highest BCUT2D eigenvalue weighted by Crippen LogP contribution is 2.23. The minimum atomic E-state index is -0.436. The second kappa shape index (κ2) is 7.37. The molecule has 0 aliphatic carbocycles. The van der Waals surface area contributed by atoms with Gasteiger partial charge < -0.3 is 9.64 Å². The predicted molar refractivity (Wildman–Crippen MR) is 93.8 cm³/mol. The molecule has 6 nitrogen and oxygen atoms in total. The molecule has 0 unspecified atom stereocenters. The summed E-state index contributed by atoms with van der Waals surface area (Å²) in [6, 6.07) is 8.92. The van der Waals surface area contributed by atoms with Crippen LogP contribution in [0.1, 0.15) is 15.9 Å². The third kappa shape index (κ3) is 3.87. The monoisotopic (exact) mass is 344 g/mol. The molecule has 1 fully saturated rings. The number of allylic oxidation sites excluding steroid dienone is 1. The average Bonchev–Trinajstić information content (AvgIpc) is 3.10. The lowest BCUT2D eigenvalue weighted by Crippen LogP contribution is -2.36. The molecule has 0 atom stereocenters. The van der Waals surface area contributed by atoms with E-state index in [-0.39, 0.29) is 10.8 Å². The average molecular weight is 344 g/mol. The molecule has 2 aromatic rings. The zero-order valence-corrected chi connectivity index (χ0v) is 13.7. The van der Waals surface area contributed by atoms with Crippen LogP contribution < -0.4 is 4.90 Å². The Morgan fingerprint density at radius 1 is 1.25 bits per heavy atom. The van der Waals surface area contributed by atoms with Gasteiger partial charge in [-0.1, -0.05) is 11.3 Å². The Labute approximate surface area is 143 Å². The van der Waals surface area contributed by atoms with Crippen LogP contribution in [0.3, 0.4) is 0 Å². The Hall–Kier alpha value is -2.51. The SMILES string of the molecule is O=C(/C=C\c1csc([N+](=O)[O-])c1)c1ccc(N2CCOCC2)cc1. The number of hydrogen-bond donors (Lipinski definition) is 0. The fourth-order valence-electron chi connectivity index (χ4n) is 2.45. The second-order valence-electron chi connectivity index (χ2n) is 5.32. The van der Waals surface area contributed by atoms with Gasteiger partial charge in [-0.05, 0) is 42.0 Å². The van der Waals surface area contributed by atoms with Crippen molar-refractivity contribution >= 4 is 33.9 Å². The van der Waals surface area contributed by atoms with E-state index < -0.39 is 4.92 Å². The van der Waals surface area contributed by atoms with Crippen LogP contribution in [-0.2, 0) is 4.74 Å². The van der Waals surface area contributed by atoms with Crippen LogP contribution in [0.4, 0.5) is 10.7 Å². The molecule has 1 aromatic heterocycles. The molecule has 0 amide bonds. The summed E-state index contributed by atoms with van der Waals surface area (Å²) in [7, 11) is 0. The second-order valence-corrected chi connectivity index (χ2v) is 6.21. The smallest absolute Gasteiger partial charge is 0.324 e. The van der Waals surface area contributed by atoms with Crippen molar-refractivity contribution in [1.82, 2.24) is 0 Å². The highest BCUT2D eigenvalue weighted by molar-refractivity contribution is 7.13. The van der Waals surface area contributed by atoms with Crippen LogP contribution in [0.5, 0.6) is 0 Å². The number of hydrogen-bond acceptors (Lipinski definition) is 6. The number of ketones is 1. The van der Waals surface area contributed by atoms with E-state index in [2.05, 4.69) is 4.90 Å². The fourth-order valence-corrected chi connectivity index (χ4v) is 3.14. The normalized spacial score (nSPS) is 14.9. The van der Waals surface area contributed by atoms with Crippen molar-refractivity contribution in [1.29, 1.82) is 0 Å². The van der Waals surface area contributed by atoms with E-state index >= 15 is 0 Å². The van der Waals surface area contributed by atoms with Crippen molar-refractivity contribution in [3.05, 3.63) is 63.0 Å². The fraction of sp³-hybridized carbons (Fsp3) is 0.235. The Bertz CT molecular complexity index is 761. The van der Waals surface area contributed by atoms with Gasteiger partial charge in [0.25, 0.3) is 0 Å². The number of anilines is 1. The van der Waals surface area contributed by atoms with Crippen molar-refractivity contribution < 1.29 is 14.5 Å². The molecule has 0 radical (unpaired) electrons. The maximum atomic E-state index is 12.2. The quantitative estimate of drug-likeness (QED) is 0.360. The van der Waals surface area contributed by atoms with E-state index in [0.29, 0.717) is 11.1 Å². The zero-order valence-electron chi connectivity index (χ0n) is 12.9. The van der Waals surface area contributed by atoms with Gasteiger partial charge in [-0.15, -0.1) is 0 Å². The molecule has 1 aliphatic heterocycles. The van der Waals surface area contributed by atoms with Gasteiger partial charge in [-0.2, -0.15) is 0 Å². The minimum Gasteiger partial charge on any atom is -0.378 e. The molecule has 7 heteroatoms. The topological polar surface area (TPSA) is 72.7 Å². The summed E-state index contributed by atoms with van der Waals surface area (Å²) in [6.45, 7) is 3.14. The van der Waals surface area contributed by atoms with E-state index in [1.54, 1.807) is 23.6 Å². The maximum Gasteiger partial charge on any atom is 0.324 e. The van der Waals surface area contributed by atoms with Gasteiger partial charge >= 0.3 is 5.00 Å². The van der Waals surface area contributed by atoms with Gasteiger partial charge in [0.2, 0.25) is 0 Å². The molecule has 124 valence electrons. The Morgan fingerprint density at radius 2 is 1.96 bits per heavy atom. The number of morpholine rings is 1. The highest BCUT2D eigenvalue weighted by Gasteiger charge is 2.12. The van der Waals surface area contributed by atoms with Crippen molar-refractivity contribution in [3.8, 4) is 0 Å². The van der Waals surface area contributed by atoms with E-state index in [0.717, 1.165) is 43.3 Å². The van der Waals surface area contributed by atoms with Gasteiger partial charge in [0, 0.05) is 35.8 Å². The largest absolute Gasteiger partial charge is 0.378 e. The van der Waals surface area contributed by atoms with Crippen LogP contribution in [0, 0.1) is 10.1 Å². The predicted octanol–water partition coefficient (Wildman–Crippen LogP) is 3.39. The highest BCUT2D eigenvalue weighted by atomic mass is 32.1. The lowest BCUT2D eigenvalue weighted by Gasteiger charge is -2.28. The summed E-state index contributed by atoms with van der Waals surface area (Å²) in [4.78, 5) is 24.6. The number of carbonyl (C=O) groups is 1. The van der Waals surface area contributed by atoms with Gasteiger partial charge in [-0.25, -0.2) is 0 Å². The molecule has 0 bridgehead atoms. The summed E-state index contributed by atoms with van der Waals surface area (Å²) in [6.07, 6.45) is 3.04. The van der Waals surface area contributed by atoms with Crippen molar-refractivity contribution in [3.63, 3.8) is 0 Å². The first-order valence-electron chi connectivity index (χ1n) is 7.51. The Kier molecular flexibility index (Phi) is 5.02. The molecule has 1 saturated heterocycles. The van der Waals surface area contributed by atoms with E-state index in [1.807, 2.05) is 12.1 Å². The molecule has 24 heavy (non-hydrogen) atoms. The summed E-state index contributed by atoms with van der Waals surface area (Å²) in [5.74, 6) is -0.127. The first-order chi connectivity index (χ1) is 11.6. The number of carbonyl (C=O) groups excluding carboxylic acids is 1. The molecule has 0 spiro atoms. The summed E-state index contributed by atoms with van der Waals surface area (Å²) < 4.78 is 5.33. The number of nitro groups is 1. The van der Waals surface area contributed by atoms with E-state index in [9.17, 15) is 14.9 Å². The maximum absolute atomic E-state index is 12.2. The van der Waals surface area contributed by atoms with E-state index in [4.69, 9.17) is 4.74 Å². The molecule has 3 rings (SSSR count). The van der Waals surface area contributed by atoms with Crippen molar-refractivity contribution in [2.75, 3.05) is 31.2 Å². The van der Waals surface area contributed by atoms with Crippen molar-refractivity contribution in [2.45, 2.75) is 0 Å². The van der Waals surface area contributed by atoms with Gasteiger partial charge in [-0.3, -0.25) is 14.9 Å². The molecule has 0 N–H and O–H groups in total. The number of thiophene rings is 1. The van der Waals surface area contributed by atoms with Gasteiger partial charge in [0.1, 0.15) is 0 Å². The van der Waals surface area contributed by atoms with Crippen LogP contribution in [0.2, 0.25) is 0 Å². The lowest BCUT2D eigenvalue weighted by atomic mass is 10.1. The number of rotatable bonds is 5. The molecule has 1 aromatic carbocycles. The third-order valence-electron chi connectivity index (χ3n) is 3.74. The van der Waals surface area contributed by atoms with E-state index in [1.165, 1.54) is 12.1 Å². The molecular weight excluding hydrogens is 328 g/mol. The van der Waals surface area contributed by atoms with Crippen LogP contribution in [0.15, 0.2) is 41.8 Å².